The molecule has 0 N–H and O–H groups in total. The highest BCUT2D eigenvalue weighted by atomic mass is 14.7. The average molecular weight is 189 g/mol. The molecule has 0 spiro atoms. The van der Waals surface area contributed by atoms with Crippen molar-refractivity contribution in [3.05, 3.63) is 35.4 Å². The molecule has 1 aromatic carbocycles. The van der Waals surface area contributed by atoms with Gasteiger partial charge < -0.3 is 0 Å². The Morgan fingerprint density at radius 2 is 2.07 bits per heavy atom. The molecule has 0 heterocycles. The Balaban J connectivity index is 2.56. The number of nitrogens with zero attached hydrogens (tertiary/aromatic N) is 1. The Labute approximate surface area is 86.9 Å². The third-order valence-corrected chi connectivity index (χ3v) is 2.53. The van der Waals surface area contributed by atoms with Crippen molar-refractivity contribution in [2.75, 3.05) is 6.54 Å². The Bertz CT molecular complexity index is 302. The van der Waals surface area contributed by atoms with Crippen LogP contribution in [0, 0.1) is 12.8 Å². The van der Waals surface area contributed by atoms with Gasteiger partial charge in [-0.25, -0.2) is 0 Å². The molecular weight excluding hydrogens is 170 g/mol. The van der Waals surface area contributed by atoms with Crippen molar-refractivity contribution in [1.82, 2.24) is 0 Å². The van der Waals surface area contributed by atoms with Crippen LogP contribution in [-0.2, 0) is 0 Å². The number of benzene rings is 1. The van der Waals surface area contributed by atoms with Gasteiger partial charge in [-0.1, -0.05) is 44.5 Å². The molecule has 0 aromatic heterocycles. The van der Waals surface area contributed by atoms with Gasteiger partial charge in [0.05, 0.1) is 0 Å². The van der Waals surface area contributed by atoms with E-state index in [2.05, 4.69) is 50.0 Å². The fourth-order valence-corrected chi connectivity index (χ4v) is 1.19. The summed E-state index contributed by atoms with van der Waals surface area (Å²) in [5.74, 6) is 0.690. The van der Waals surface area contributed by atoms with Gasteiger partial charge in [0.15, 0.2) is 0 Å². The molecule has 0 amide bonds. The quantitative estimate of drug-likeness (QED) is 0.643. The fourth-order valence-electron chi connectivity index (χ4n) is 1.19. The van der Waals surface area contributed by atoms with E-state index in [-0.39, 0.29) is 0 Å². The normalized spacial score (nSPS) is 13.4. The maximum absolute atomic E-state index is 4.45. The summed E-state index contributed by atoms with van der Waals surface area (Å²) < 4.78 is 0. The SMILES string of the molecule is CC[C@@H](C)CN=Cc1ccccc1C. The van der Waals surface area contributed by atoms with Crippen LogP contribution in [0.2, 0.25) is 0 Å². The summed E-state index contributed by atoms with van der Waals surface area (Å²) in [6, 6.07) is 8.33. The third kappa shape index (κ3) is 3.33. The minimum absolute atomic E-state index is 0.690. The molecule has 1 nitrogen and oxygen atoms in total. The monoisotopic (exact) mass is 189 g/mol. The summed E-state index contributed by atoms with van der Waals surface area (Å²) in [7, 11) is 0. The van der Waals surface area contributed by atoms with Gasteiger partial charge in [-0.15, -0.1) is 0 Å². The first kappa shape index (κ1) is 11.0. The van der Waals surface area contributed by atoms with Gasteiger partial charge in [0.25, 0.3) is 0 Å². The minimum atomic E-state index is 0.690. The van der Waals surface area contributed by atoms with E-state index in [1.54, 1.807) is 0 Å². The molecule has 1 heteroatoms. The Morgan fingerprint density at radius 3 is 2.71 bits per heavy atom. The van der Waals surface area contributed by atoms with Crippen LogP contribution in [0.4, 0.5) is 0 Å². The van der Waals surface area contributed by atoms with Crippen molar-refractivity contribution in [2.24, 2.45) is 10.9 Å². The standard InChI is InChI=1S/C13H19N/c1-4-11(2)9-14-10-13-8-6-5-7-12(13)3/h5-8,10-11H,4,9H2,1-3H3/t11-/m1/s1. The summed E-state index contributed by atoms with van der Waals surface area (Å²) >= 11 is 0. The van der Waals surface area contributed by atoms with Crippen LogP contribution in [0.25, 0.3) is 0 Å². The molecule has 0 aliphatic carbocycles. The van der Waals surface area contributed by atoms with E-state index in [1.807, 2.05) is 6.21 Å². The van der Waals surface area contributed by atoms with Crippen LogP contribution in [0.5, 0.6) is 0 Å². The van der Waals surface area contributed by atoms with Crippen LogP contribution in [0.1, 0.15) is 31.4 Å². The second-order valence-electron chi connectivity index (χ2n) is 3.86. The van der Waals surface area contributed by atoms with Gasteiger partial charge >= 0.3 is 0 Å². The predicted octanol–water partition coefficient (Wildman–Crippen LogP) is 3.46. The highest BCUT2D eigenvalue weighted by Gasteiger charge is 1.95. The van der Waals surface area contributed by atoms with Crippen molar-refractivity contribution >= 4 is 6.21 Å². The third-order valence-electron chi connectivity index (χ3n) is 2.53. The molecule has 1 rings (SSSR count). The molecule has 0 aliphatic rings. The lowest BCUT2D eigenvalue weighted by atomic mass is 10.1. The minimum Gasteiger partial charge on any atom is -0.292 e. The Morgan fingerprint density at radius 1 is 1.36 bits per heavy atom. The van der Waals surface area contributed by atoms with Gasteiger partial charge in [-0.3, -0.25) is 4.99 Å². The van der Waals surface area contributed by atoms with Crippen LogP contribution in [-0.4, -0.2) is 12.8 Å². The lowest BCUT2D eigenvalue weighted by Crippen LogP contribution is -1.97. The Hall–Kier alpha value is -1.11. The first-order chi connectivity index (χ1) is 6.74. The first-order valence-corrected chi connectivity index (χ1v) is 5.29. The first-order valence-electron chi connectivity index (χ1n) is 5.29. The Kier molecular flexibility index (Phi) is 4.37. The summed E-state index contributed by atoms with van der Waals surface area (Å²) in [6.45, 7) is 7.48. The van der Waals surface area contributed by atoms with Gasteiger partial charge in [0.1, 0.15) is 0 Å². The molecule has 0 unspecified atom stereocenters. The summed E-state index contributed by atoms with van der Waals surface area (Å²) in [5.41, 5.74) is 2.52. The second kappa shape index (κ2) is 5.58. The van der Waals surface area contributed by atoms with E-state index in [9.17, 15) is 0 Å². The fraction of sp³-hybridized carbons (Fsp3) is 0.462. The van der Waals surface area contributed by atoms with Crippen molar-refractivity contribution in [2.45, 2.75) is 27.2 Å². The summed E-state index contributed by atoms with van der Waals surface area (Å²) in [5, 5.41) is 0. The number of hydrogen-bond acceptors (Lipinski definition) is 1. The maximum Gasteiger partial charge on any atom is 0.0415 e. The van der Waals surface area contributed by atoms with E-state index >= 15 is 0 Å². The highest BCUT2D eigenvalue weighted by molar-refractivity contribution is 5.81. The van der Waals surface area contributed by atoms with Crippen molar-refractivity contribution in [3.63, 3.8) is 0 Å². The predicted molar refractivity (Wildman–Crippen MR) is 63.1 cm³/mol. The topological polar surface area (TPSA) is 12.4 Å². The van der Waals surface area contributed by atoms with E-state index in [0.717, 1.165) is 6.54 Å². The molecule has 0 saturated heterocycles. The smallest absolute Gasteiger partial charge is 0.0415 e. The molecule has 0 saturated carbocycles. The zero-order valence-corrected chi connectivity index (χ0v) is 9.33. The maximum atomic E-state index is 4.45. The largest absolute Gasteiger partial charge is 0.292 e. The highest BCUT2D eigenvalue weighted by Crippen LogP contribution is 2.05. The van der Waals surface area contributed by atoms with Gasteiger partial charge in [0, 0.05) is 12.8 Å². The second-order valence-corrected chi connectivity index (χ2v) is 3.86. The summed E-state index contributed by atoms with van der Waals surface area (Å²) in [4.78, 5) is 4.45. The van der Waals surface area contributed by atoms with E-state index in [0.29, 0.717) is 5.92 Å². The molecule has 14 heavy (non-hydrogen) atoms. The van der Waals surface area contributed by atoms with Crippen LogP contribution in [0.3, 0.4) is 0 Å². The van der Waals surface area contributed by atoms with Crippen molar-refractivity contribution < 1.29 is 0 Å². The molecule has 0 bridgehead atoms. The molecule has 0 aliphatic heterocycles. The number of hydrogen-bond donors (Lipinski definition) is 0. The number of aryl methyl sites for hydroxylation is 1. The molecule has 1 aromatic rings. The number of aliphatic imine (C=N–C) groups is 1. The molecule has 0 fully saturated rings. The van der Waals surface area contributed by atoms with E-state index in [4.69, 9.17) is 0 Å². The van der Waals surface area contributed by atoms with Crippen molar-refractivity contribution in [1.29, 1.82) is 0 Å². The lowest BCUT2D eigenvalue weighted by molar-refractivity contribution is 0.578. The van der Waals surface area contributed by atoms with Crippen LogP contribution < -0.4 is 0 Å². The van der Waals surface area contributed by atoms with Gasteiger partial charge in [-0.2, -0.15) is 0 Å². The number of rotatable bonds is 4. The zero-order chi connectivity index (χ0) is 10.4. The molecule has 1 atom stereocenters. The average Bonchev–Trinajstić information content (AvgIpc) is 2.20. The molecule has 0 radical (unpaired) electrons. The molecule has 76 valence electrons. The zero-order valence-electron chi connectivity index (χ0n) is 9.33. The van der Waals surface area contributed by atoms with E-state index in [1.165, 1.54) is 17.5 Å². The van der Waals surface area contributed by atoms with Gasteiger partial charge in [0.2, 0.25) is 0 Å². The lowest BCUT2D eigenvalue weighted by Gasteiger charge is -2.03. The van der Waals surface area contributed by atoms with Gasteiger partial charge in [-0.05, 0) is 24.0 Å². The molecular formula is C13H19N. The summed E-state index contributed by atoms with van der Waals surface area (Å²) in [6.07, 6.45) is 3.19. The van der Waals surface area contributed by atoms with E-state index < -0.39 is 0 Å². The van der Waals surface area contributed by atoms with Crippen LogP contribution >= 0.6 is 0 Å². The van der Waals surface area contributed by atoms with Crippen LogP contribution in [0.15, 0.2) is 29.3 Å². The van der Waals surface area contributed by atoms with Crippen molar-refractivity contribution in [3.8, 4) is 0 Å².